The quantitative estimate of drug-likeness (QED) is 0.297. The smallest absolute Gasteiger partial charge is 0.264 e. The summed E-state index contributed by atoms with van der Waals surface area (Å²) in [6, 6.07) is 20.8. The molecule has 176 valence electrons. The molecule has 6 nitrogen and oxygen atoms in total. The maximum Gasteiger partial charge on any atom is 0.264 e. The highest BCUT2D eigenvalue weighted by atomic mass is 32.2. The number of nitrogens with one attached hydrogen (secondary N) is 1. The van der Waals surface area contributed by atoms with Crippen LogP contribution in [0.5, 0.6) is 5.75 Å². The zero-order valence-corrected chi connectivity index (χ0v) is 20.6. The molecule has 2 aromatic carbocycles. The Morgan fingerprint density at radius 2 is 1.94 bits per heavy atom. The summed E-state index contributed by atoms with van der Waals surface area (Å²) in [6.45, 7) is 2.72. The summed E-state index contributed by atoms with van der Waals surface area (Å²) in [5, 5.41) is 9.49. The normalized spacial score (nSPS) is 18.1. The minimum Gasteiger partial charge on any atom is -0.484 e. The first kappa shape index (κ1) is 23.1. The van der Waals surface area contributed by atoms with Crippen LogP contribution < -0.4 is 10.1 Å². The van der Waals surface area contributed by atoms with Gasteiger partial charge < -0.3 is 19.3 Å². The number of hydrogen-bond acceptors (Lipinski definition) is 8. The molecular formula is C26H27N3O3S2. The number of aromatic nitrogens is 2. The van der Waals surface area contributed by atoms with Gasteiger partial charge in [-0.2, -0.15) is 4.98 Å². The Bertz CT molecular complexity index is 1160. The molecule has 8 heteroatoms. The van der Waals surface area contributed by atoms with Crippen LogP contribution in [-0.4, -0.2) is 35.6 Å². The van der Waals surface area contributed by atoms with E-state index < -0.39 is 0 Å². The zero-order chi connectivity index (χ0) is 23.2. The third-order valence-electron chi connectivity index (χ3n) is 5.93. The second-order valence-corrected chi connectivity index (χ2v) is 9.97. The van der Waals surface area contributed by atoms with E-state index in [1.807, 2.05) is 29.6 Å². The number of piperidine rings is 1. The highest BCUT2D eigenvalue weighted by molar-refractivity contribution is 7.98. The summed E-state index contributed by atoms with van der Waals surface area (Å²) in [5.41, 5.74) is 2.48. The van der Waals surface area contributed by atoms with E-state index in [9.17, 15) is 0 Å². The van der Waals surface area contributed by atoms with Gasteiger partial charge in [-0.1, -0.05) is 35.5 Å². The van der Waals surface area contributed by atoms with Crippen LogP contribution >= 0.6 is 23.1 Å². The summed E-state index contributed by atoms with van der Waals surface area (Å²) < 4.78 is 17.5. The SMILES string of the molecule is CSc1ccc(COC2CNCCC2c2ccc(OCc3nc(-c4cccs4)no3)cc2)cc1. The van der Waals surface area contributed by atoms with E-state index in [2.05, 4.69) is 58.1 Å². The van der Waals surface area contributed by atoms with Crippen molar-refractivity contribution >= 4 is 23.1 Å². The highest BCUT2D eigenvalue weighted by Gasteiger charge is 2.27. The molecule has 5 rings (SSSR count). The lowest BCUT2D eigenvalue weighted by atomic mass is 9.87. The van der Waals surface area contributed by atoms with E-state index in [-0.39, 0.29) is 12.7 Å². The Labute approximate surface area is 207 Å². The molecule has 3 heterocycles. The van der Waals surface area contributed by atoms with Crippen LogP contribution in [0.4, 0.5) is 0 Å². The number of hydrogen-bond donors (Lipinski definition) is 1. The van der Waals surface area contributed by atoms with Gasteiger partial charge in [-0.05, 0) is 66.1 Å². The van der Waals surface area contributed by atoms with E-state index in [0.29, 0.717) is 24.2 Å². The fourth-order valence-corrected chi connectivity index (χ4v) is 5.14. The minimum absolute atomic E-state index is 0.134. The standard InChI is InChI=1S/C26H27N3O3S2/c1-33-21-10-4-18(5-11-21)16-31-23-15-27-13-12-22(23)19-6-8-20(9-7-19)30-17-25-28-26(29-32-25)24-3-2-14-34-24/h2-11,14,22-23,27H,12-13,15-17H2,1H3. The van der Waals surface area contributed by atoms with Gasteiger partial charge in [0.25, 0.3) is 5.89 Å². The molecule has 1 N–H and O–H groups in total. The second kappa shape index (κ2) is 11.2. The van der Waals surface area contributed by atoms with E-state index in [1.165, 1.54) is 16.0 Å². The molecule has 2 atom stereocenters. The lowest BCUT2D eigenvalue weighted by Gasteiger charge is -2.32. The first-order valence-electron chi connectivity index (χ1n) is 11.3. The lowest BCUT2D eigenvalue weighted by Crippen LogP contribution is -2.40. The largest absolute Gasteiger partial charge is 0.484 e. The van der Waals surface area contributed by atoms with Crippen molar-refractivity contribution < 1.29 is 14.0 Å². The molecular weight excluding hydrogens is 466 g/mol. The van der Waals surface area contributed by atoms with Crippen molar-refractivity contribution in [2.45, 2.75) is 36.6 Å². The van der Waals surface area contributed by atoms with Crippen LogP contribution in [0, 0.1) is 0 Å². The van der Waals surface area contributed by atoms with Gasteiger partial charge in [0, 0.05) is 17.4 Å². The lowest BCUT2D eigenvalue weighted by molar-refractivity contribution is 0.0106. The first-order chi connectivity index (χ1) is 16.8. The maximum absolute atomic E-state index is 6.35. The Balaban J connectivity index is 1.17. The molecule has 0 amide bonds. The van der Waals surface area contributed by atoms with Crippen molar-refractivity contribution in [3.63, 3.8) is 0 Å². The van der Waals surface area contributed by atoms with Crippen LogP contribution in [0.2, 0.25) is 0 Å². The van der Waals surface area contributed by atoms with Gasteiger partial charge >= 0.3 is 0 Å². The summed E-state index contributed by atoms with van der Waals surface area (Å²) in [5.74, 6) is 2.19. The summed E-state index contributed by atoms with van der Waals surface area (Å²) >= 11 is 3.33. The number of thioether (sulfide) groups is 1. The van der Waals surface area contributed by atoms with Gasteiger partial charge in [-0.15, -0.1) is 23.1 Å². The average molecular weight is 494 g/mol. The molecule has 0 aliphatic carbocycles. The van der Waals surface area contributed by atoms with Crippen molar-refractivity contribution in [3.8, 4) is 16.5 Å². The Morgan fingerprint density at radius 1 is 1.09 bits per heavy atom. The monoisotopic (exact) mass is 493 g/mol. The van der Waals surface area contributed by atoms with Crippen LogP contribution in [-0.2, 0) is 18.0 Å². The zero-order valence-electron chi connectivity index (χ0n) is 19.0. The molecule has 1 saturated heterocycles. The van der Waals surface area contributed by atoms with Crippen LogP contribution in [0.25, 0.3) is 10.7 Å². The number of nitrogens with zero attached hydrogens (tertiary/aromatic N) is 2. The average Bonchev–Trinajstić information content (AvgIpc) is 3.59. The first-order valence-corrected chi connectivity index (χ1v) is 13.4. The van der Waals surface area contributed by atoms with Crippen molar-refractivity contribution in [1.29, 1.82) is 0 Å². The van der Waals surface area contributed by atoms with E-state index >= 15 is 0 Å². The Morgan fingerprint density at radius 3 is 2.71 bits per heavy atom. The van der Waals surface area contributed by atoms with Gasteiger partial charge in [0.15, 0.2) is 6.61 Å². The summed E-state index contributed by atoms with van der Waals surface area (Å²) in [4.78, 5) is 6.66. The molecule has 0 radical (unpaired) electrons. The number of thiophene rings is 1. The van der Waals surface area contributed by atoms with Crippen molar-refractivity contribution in [2.75, 3.05) is 19.3 Å². The molecule has 1 aliphatic heterocycles. The van der Waals surface area contributed by atoms with E-state index in [1.54, 1.807) is 23.1 Å². The van der Waals surface area contributed by atoms with E-state index in [0.717, 1.165) is 30.1 Å². The highest BCUT2D eigenvalue weighted by Crippen LogP contribution is 2.30. The van der Waals surface area contributed by atoms with Gasteiger partial charge in [0.1, 0.15) is 5.75 Å². The topological polar surface area (TPSA) is 69.4 Å². The number of rotatable bonds is 9. The summed E-state index contributed by atoms with van der Waals surface area (Å²) in [7, 11) is 0. The van der Waals surface area contributed by atoms with Gasteiger partial charge in [-0.25, -0.2) is 0 Å². The Hall–Kier alpha value is -2.65. The van der Waals surface area contributed by atoms with Crippen LogP contribution in [0.3, 0.4) is 0 Å². The van der Waals surface area contributed by atoms with E-state index in [4.69, 9.17) is 14.0 Å². The molecule has 1 fully saturated rings. The van der Waals surface area contributed by atoms with Crippen molar-refractivity contribution in [3.05, 3.63) is 83.1 Å². The van der Waals surface area contributed by atoms with Gasteiger partial charge in [0.05, 0.1) is 17.6 Å². The fraction of sp³-hybridized carbons (Fsp3) is 0.308. The van der Waals surface area contributed by atoms with Crippen LogP contribution in [0.15, 0.2) is 75.5 Å². The molecule has 34 heavy (non-hydrogen) atoms. The molecule has 2 unspecified atom stereocenters. The molecule has 1 aliphatic rings. The van der Waals surface area contributed by atoms with Crippen molar-refractivity contribution in [1.82, 2.24) is 15.5 Å². The van der Waals surface area contributed by atoms with Gasteiger partial charge in [0.2, 0.25) is 5.82 Å². The van der Waals surface area contributed by atoms with Crippen molar-refractivity contribution in [2.24, 2.45) is 0 Å². The predicted octanol–water partition coefficient (Wildman–Crippen LogP) is 5.76. The maximum atomic E-state index is 6.35. The minimum atomic E-state index is 0.134. The fourth-order valence-electron chi connectivity index (χ4n) is 4.09. The Kier molecular flexibility index (Phi) is 7.60. The number of benzene rings is 2. The number of ether oxygens (including phenoxy) is 2. The molecule has 4 aromatic rings. The third-order valence-corrected chi connectivity index (χ3v) is 7.54. The predicted molar refractivity (Wildman–Crippen MR) is 135 cm³/mol. The molecule has 0 spiro atoms. The molecule has 0 bridgehead atoms. The summed E-state index contributed by atoms with van der Waals surface area (Å²) in [6.07, 6.45) is 3.27. The molecule has 0 saturated carbocycles. The molecule has 2 aromatic heterocycles. The second-order valence-electron chi connectivity index (χ2n) is 8.14. The van der Waals surface area contributed by atoms with Gasteiger partial charge in [-0.3, -0.25) is 0 Å². The third kappa shape index (κ3) is 5.70. The van der Waals surface area contributed by atoms with Crippen LogP contribution in [0.1, 0.15) is 29.4 Å².